The third-order valence-corrected chi connectivity index (χ3v) is 5.84. The molecule has 7 nitrogen and oxygen atoms in total. The third-order valence-electron chi connectivity index (χ3n) is 2.77. The van der Waals surface area contributed by atoms with E-state index in [0.29, 0.717) is 13.1 Å². The van der Waals surface area contributed by atoms with Crippen molar-refractivity contribution in [2.24, 2.45) is 0 Å². The van der Waals surface area contributed by atoms with Gasteiger partial charge in [-0.2, -0.15) is 4.31 Å². The Balaban J connectivity index is 2.70. The van der Waals surface area contributed by atoms with Crippen LogP contribution in [0.4, 0.5) is 0 Å². The van der Waals surface area contributed by atoms with E-state index in [1.54, 1.807) is 0 Å². The van der Waals surface area contributed by atoms with Crippen LogP contribution in [0.25, 0.3) is 0 Å². The predicted octanol–water partition coefficient (Wildman–Crippen LogP) is -2.37. The number of hydrogen-bond acceptors (Lipinski definition) is 6. The van der Waals surface area contributed by atoms with Crippen LogP contribution >= 0.6 is 0 Å². The highest BCUT2D eigenvalue weighted by molar-refractivity contribution is 7.93. The molecule has 0 unspecified atom stereocenters. The lowest BCUT2D eigenvalue weighted by Gasteiger charge is -2.25. The number of rotatable bonds is 5. The molecule has 0 aromatic heterocycles. The quantitative estimate of drug-likeness (QED) is 0.585. The van der Waals surface area contributed by atoms with Crippen molar-refractivity contribution in [1.82, 2.24) is 9.62 Å². The minimum Gasteiger partial charge on any atom is -0.390 e. The summed E-state index contributed by atoms with van der Waals surface area (Å²) in [6.07, 6.45) is 0.238. The lowest BCUT2D eigenvalue weighted by Crippen LogP contribution is -2.45. The third kappa shape index (κ3) is 4.18. The maximum absolute atomic E-state index is 11.8. The Hall–Kier alpha value is -0.220. The zero-order valence-electron chi connectivity index (χ0n) is 9.83. The second kappa shape index (κ2) is 5.19. The van der Waals surface area contributed by atoms with Crippen molar-refractivity contribution in [1.29, 1.82) is 0 Å². The molecule has 1 aliphatic rings. The number of sulfone groups is 1. The Bertz CT molecular complexity index is 458. The van der Waals surface area contributed by atoms with Crippen molar-refractivity contribution in [3.05, 3.63) is 0 Å². The van der Waals surface area contributed by atoms with Gasteiger partial charge in [0.15, 0.2) is 0 Å². The first-order valence-corrected chi connectivity index (χ1v) is 8.83. The number of aliphatic hydroxyl groups is 1. The Morgan fingerprint density at radius 1 is 1.24 bits per heavy atom. The first-order valence-electron chi connectivity index (χ1n) is 5.16. The van der Waals surface area contributed by atoms with Gasteiger partial charge in [0, 0.05) is 26.4 Å². The van der Waals surface area contributed by atoms with Gasteiger partial charge in [0.1, 0.15) is 9.84 Å². The zero-order valence-corrected chi connectivity index (χ0v) is 11.5. The number of hydrogen-bond donors (Lipinski definition) is 2. The molecule has 1 rings (SSSR count). The highest BCUT2D eigenvalue weighted by Gasteiger charge is 2.34. The van der Waals surface area contributed by atoms with Crippen LogP contribution in [0.5, 0.6) is 0 Å². The van der Waals surface area contributed by atoms with Gasteiger partial charge in [0.2, 0.25) is 10.0 Å². The Kier molecular flexibility index (Phi) is 4.53. The molecule has 1 saturated heterocycles. The van der Waals surface area contributed by atoms with Crippen LogP contribution in [0.2, 0.25) is 0 Å². The van der Waals surface area contributed by atoms with E-state index in [1.165, 1.54) is 7.05 Å². The van der Waals surface area contributed by atoms with E-state index in [2.05, 4.69) is 5.32 Å². The van der Waals surface area contributed by atoms with Gasteiger partial charge in [0.05, 0.1) is 23.7 Å². The molecule has 17 heavy (non-hydrogen) atoms. The Morgan fingerprint density at radius 2 is 1.82 bits per heavy atom. The van der Waals surface area contributed by atoms with E-state index in [9.17, 15) is 21.9 Å². The molecule has 0 aromatic rings. The first-order chi connectivity index (χ1) is 7.63. The molecule has 0 saturated carbocycles. The number of likely N-dealkylation sites (N-methyl/N-ethyl adjacent to an activating group) is 1. The average molecular weight is 286 g/mol. The molecular weight excluding hydrogens is 268 g/mol. The SMILES string of the molecule is CN([C@@H]1CNC[C@H]1O)S(=O)(=O)CCS(C)(=O)=O. The molecular formula is C8H18N2O5S2. The van der Waals surface area contributed by atoms with E-state index in [1.807, 2.05) is 0 Å². The lowest BCUT2D eigenvalue weighted by molar-refractivity contribution is 0.136. The predicted molar refractivity (Wildman–Crippen MR) is 63.9 cm³/mol. The van der Waals surface area contributed by atoms with E-state index in [4.69, 9.17) is 0 Å². The summed E-state index contributed by atoms with van der Waals surface area (Å²) in [5.41, 5.74) is 0. The van der Waals surface area contributed by atoms with E-state index in [0.717, 1.165) is 10.6 Å². The van der Waals surface area contributed by atoms with Crippen molar-refractivity contribution in [2.75, 3.05) is 37.9 Å². The molecule has 0 bridgehead atoms. The summed E-state index contributed by atoms with van der Waals surface area (Å²) in [6.45, 7) is 0.715. The summed E-state index contributed by atoms with van der Waals surface area (Å²) in [7, 11) is -5.61. The minimum absolute atomic E-state index is 0.344. The summed E-state index contributed by atoms with van der Waals surface area (Å²) in [5.74, 6) is -0.860. The summed E-state index contributed by atoms with van der Waals surface area (Å²) < 4.78 is 46.6. The number of nitrogens with zero attached hydrogens (tertiary/aromatic N) is 1. The molecule has 1 fully saturated rings. The van der Waals surface area contributed by atoms with E-state index < -0.39 is 43.5 Å². The first kappa shape index (κ1) is 14.8. The van der Waals surface area contributed by atoms with Crippen LogP contribution < -0.4 is 5.32 Å². The minimum atomic E-state index is -3.66. The van der Waals surface area contributed by atoms with Crippen LogP contribution in [0, 0.1) is 0 Å². The normalized spacial score (nSPS) is 26.6. The average Bonchev–Trinajstić information content (AvgIpc) is 2.59. The second-order valence-electron chi connectivity index (χ2n) is 4.26. The second-order valence-corrected chi connectivity index (χ2v) is 8.66. The smallest absolute Gasteiger partial charge is 0.215 e. The molecule has 0 spiro atoms. The van der Waals surface area contributed by atoms with Crippen molar-refractivity contribution >= 4 is 19.9 Å². The lowest BCUT2D eigenvalue weighted by atomic mass is 10.2. The number of sulfonamides is 1. The summed E-state index contributed by atoms with van der Waals surface area (Å²) in [4.78, 5) is 0. The maximum Gasteiger partial charge on any atom is 0.215 e. The standard InChI is InChI=1S/C8H18N2O5S2/c1-10(7-5-9-6-8(7)11)17(14,15)4-3-16(2,12)13/h7-9,11H,3-6H2,1-2H3/t7-,8-/m1/s1. The topological polar surface area (TPSA) is 104 Å². The van der Waals surface area contributed by atoms with Gasteiger partial charge in [-0.15, -0.1) is 0 Å². The van der Waals surface area contributed by atoms with Gasteiger partial charge in [-0.05, 0) is 0 Å². The summed E-state index contributed by atoms with van der Waals surface area (Å²) in [5, 5.41) is 12.4. The van der Waals surface area contributed by atoms with Crippen LogP contribution in [-0.2, 0) is 19.9 Å². The summed E-state index contributed by atoms with van der Waals surface area (Å²) >= 11 is 0. The molecule has 9 heteroatoms. The molecule has 102 valence electrons. The molecule has 0 aliphatic carbocycles. The van der Waals surface area contributed by atoms with Gasteiger partial charge in [-0.3, -0.25) is 0 Å². The van der Waals surface area contributed by atoms with E-state index in [-0.39, 0.29) is 0 Å². The van der Waals surface area contributed by atoms with Crippen molar-refractivity contribution < 1.29 is 21.9 Å². The van der Waals surface area contributed by atoms with Gasteiger partial charge in [0.25, 0.3) is 0 Å². The fourth-order valence-corrected chi connectivity index (χ4v) is 4.60. The largest absolute Gasteiger partial charge is 0.390 e. The van der Waals surface area contributed by atoms with Crippen LogP contribution in [0.3, 0.4) is 0 Å². The Morgan fingerprint density at radius 3 is 2.24 bits per heavy atom. The molecule has 1 heterocycles. The molecule has 2 atom stereocenters. The van der Waals surface area contributed by atoms with Crippen molar-refractivity contribution in [2.45, 2.75) is 12.1 Å². The van der Waals surface area contributed by atoms with Gasteiger partial charge < -0.3 is 10.4 Å². The fraction of sp³-hybridized carbons (Fsp3) is 1.00. The fourth-order valence-electron chi connectivity index (χ4n) is 1.63. The summed E-state index contributed by atoms with van der Waals surface area (Å²) in [6, 6.07) is -0.528. The molecule has 1 aliphatic heterocycles. The van der Waals surface area contributed by atoms with Gasteiger partial charge in [-0.1, -0.05) is 0 Å². The van der Waals surface area contributed by atoms with Gasteiger partial charge >= 0.3 is 0 Å². The number of β-amino-alcohol motifs (C(OH)–C–C–N with tert-alkyl or cyclic N) is 1. The highest BCUT2D eigenvalue weighted by atomic mass is 32.2. The zero-order chi connectivity index (χ0) is 13.3. The number of nitrogens with one attached hydrogen (secondary N) is 1. The molecule has 0 amide bonds. The molecule has 0 radical (unpaired) electrons. The highest BCUT2D eigenvalue weighted by Crippen LogP contribution is 2.12. The van der Waals surface area contributed by atoms with Crippen LogP contribution in [0.15, 0.2) is 0 Å². The van der Waals surface area contributed by atoms with Crippen molar-refractivity contribution in [3.8, 4) is 0 Å². The van der Waals surface area contributed by atoms with E-state index >= 15 is 0 Å². The Labute approximate surface area is 102 Å². The maximum atomic E-state index is 11.8. The van der Waals surface area contributed by atoms with Gasteiger partial charge in [-0.25, -0.2) is 16.8 Å². The molecule has 0 aromatic carbocycles. The van der Waals surface area contributed by atoms with Crippen LogP contribution in [0.1, 0.15) is 0 Å². The molecule has 2 N–H and O–H groups in total. The van der Waals surface area contributed by atoms with Crippen LogP contribution in [-0.4, -0.2) is 76.3 Å². The number of aliphatic hydroxyl groups excluding tert-OH is 1. The monoisotopic (exact) mass is 286 g/mol. The van der Waals surface area contributed by atoms with Crippen molar-refractivity contribution in [3.63, 3.8) is 0 Å².